The van der Waals surface area contributed by atoms with Crippen molar-refractivity contribution in [1.29, 1.82) is 0 Å². The molecule has 0 unspecified atom stereocenters. The number of carbonyl (C=O) groups is 1. The molecule has 0 aliphatic carbocycles. The van der Waals surface area contributed by atoms with Gasteiger partial charge in [-0.1, -0.05) is 19.9 Å². The number of hydrogen-bond acceptors (Lipinski definition) is 4. The summed E-state index contributed by atoms with van der Waals surface area (Å²) in [4.78, 5) is 12.4. The maximum Gasteiger partial charge on any atom is 0.181 e. The molecule has 0 saturated carbocycles. The third-order valence-electron chi connectivity index (χ3n) is 4.05. The van der Waals surface area contributed by atoms with E-state index >= 15 is 0 Å². The topological polar surface area (TPSA) is 47.6 Å². The molecular weight excluding hydrogens is 302 g/mol. The zero-order chi connectivity index (χ0) is 17.7. The molecule has 4 heteroatoms. The summed E-state index contributed by atoms with van der Waals surface area (Å²) >= 11 is 0. The Morgan fingerprint density at radius 1 is 1.04 bits per heavy atom. The molecule has 0 bridgehead atoms. The van der Waals surface area contributed by atoms with Crippen LogP contribution in [0.5, 0.6) is 11.5 Å². The van der Waals surface area contributed by atoms with E-state index in [2.05, 4.69) is 38.2 Å². The predicted molar refractivity (Wildman–Crippen MR) is 97.6 cm³/mol. The van der Waals surface area contributed by atoms with E-state index in [9.17, 15) is 4.79 Å². The summed E-state index contributed by atoms with van der Waals surface area (Å²) in [5.41, 5.74) is 4.10. The molecule has 0 aliphatic rings. The summed E-state index contributed by atoms with van der Waals surface area (Å²) in [7, 11) is 3.13. The minimum Gasteiger partial charge on any atom is -0.493 e. The van der Waals surface area contributed by atoms with E-state index in [1.54, 1.807) is 32.4 Å². The standard InChI is InChI=1S/C20H25NO3/c1-13(2)17-8-7-16(10-14(17)3)21-12-18(22)15-6-9-19(23-4)20(11-15)24-5/h6-11,13,21H,12H2,1-5H3. The molecule has 0 aromatic heterocycles. The van der Waals surface area contributed by atoms with Gasteiger partial charge in [-0.3, -0.25) is 4.79 Å². The van der Waals surface area contributed by atoms with Crippen LogP contribution in [0.3, 0.4) is 0 Å². The van der Waals surface area contributed by atoms with Crippen LogP contribution in [0.25, 0.3) is 0 Å². The first-order valence-electron chi connectivity index (χ1n) is 8.06. The van der Waals surface area contributed by atoms with Crippen LogP contribution in [0.15, 0.2) is 36.4 Å². The molecule has 24 heavy (non-hydrogen) atoms. The van der Waals surface area contributed by atoms with Gasteiger partial charge >= 0.3 is 0 Å². The van der Waals surface area contributed by atoms with Gasteiger partial charge in [0.05, 0.1) is 20.8 Å². The van der Waals surface area contributed by atoms with Crippen LogP contribution < -0.4 is 14.8 Å². The lowest BCUT2D eigenvalue weighted by atomic mass is 9.97. The molecule has 0 heterocycles. The van der Waals surface area contributed by atoms with E-state index in [1.165, 1.54) is 11.1 Å². The zero-order valence-corrected chi connectivity index (χ0v) is 15.0. The van der Waals surface area contributed by atoms with Crippen molar-refractivity contribution in [2.45, 2.75) is 26.7 Å². The average Bonchev–Trinajstić information content (AvgIpc) is 2.58. The Morgan fingerprint density at radius 2 is 1.75 bits per heavy atom. The van der Waals surface area contributed by atoms with Crippen molar-refractivity contribution in [2.75, 3.05) is 26.1 Å². The lowest BCUT2D eigenvalue weighted by Crippen LogP contribution is -2.14. The molecule has 2 aromatic carbocycles. The molecule has 0 saturated heterocycles. The Labute approximate surface area is 143 Å². The van der Waals surface area contributed by atoms with Crippen molar-refractivity contribution in [3.05, 3.63) is 53.1 Å². The van der Waals surface area contributed by atoms with Gasteiger partial charge in [0, 0.05) is 11.3 Å². The fourth-order valence-corrected chi connectivity index (χ4v) is 2.73. The van der Waals surface area contributed by atoms with Crippen molar-refractivity contribution < 1.29 is 14.3 Å². The molecular formula is C20H25NO3. The van der Waals surface area contributed by atoms with E-state index in [0.717, 1.165) is 5.69 Å². The SMILES string of the molecule is COc1ccc(C(=O)CNc2ccc(C(C)C)c(C)c2)cc1OC. The van der Waals surface area contributed by atoms with Crippen molar-refractivity contribution in [2.24, 2.45) is 0 Å². The Bertz CT molecular complexity index is 723. The van der Waals surface area contributed by atoms with Crippen LogP contribution in [-0.2, 0) is 0 Å². The Hall–Kier alpha value is -2.49. The second kappa shape index (κ2) is 7.86. The van der Waals surface area contributed by atoms with Gasteiger partial charge in [0.1, 0.15) is 0 Å². The lowest BCUT2D eigenvalue weighted by Gasteiger charge is -2.13. The number of benzene rings is 2. The predicted octanol–water partition coefficient (Wildman–Crippen LogP) is 4.43. The normalized spacial score (nSPS) is 10.6. The van der Waals surface area contributed by atoms with Crippen molar-refractivity contribution in [1.82, 2.24) is 0 Å². The molecule has 0 amide bonds. The van der Waals surface area contributed by atoms with E-state index in [-0.39, 0.29) is 12.3 Å². The van der Waals surface area contributed by atoms with Gasteiger partial charge in [0.2, 0.25) is 0 Å². The molecule has 0 aliphatic heterocycles. The van der Waals surface area contributed by atoms with Gasteiger partial charge in [0.25, 0.3) is 0 Å². The van der Waals surface area contributed by atoms with Gasteiger partial charge < -0.3 is 14.8 Å². The highest BCUT2D eigenvalue weighted by Gasteiger charge is 2.11. The van der Waals surface area contributed by atoms with Crippen molar-refractivity contribution >= 4 is 11.5 Å². The number of aryl methyl sites for hydroxylation is 1. The third-order valence-corrected chi connectivity index (χ3v) is 4.05. The Balaban J connectivity index is 2.07. The van der Waals surface area contributed by atoms with Gasteiger partial charge in [0.15, 0.2) is 17.3 Å². The summed E-state index contributed by atoms with van der Waals surface area (Å²) in [5, 5.41) is 3.19. The van der Waals surface area contributed by atoms with Crippen LogP contribution in [0.1, 0.15) is 41.3 Å². The summed E-state index contributed by atoms with van der Waals surface area (Å²) < 4.78 is 10.4. The van der Waals surface area contributed by atoms with E-state index < -0.39 is 0 Å². The lowest BCUT2D eigenvalue weighted by molar-refractivity contribution is 0.101. The quantitative estimate of drug-likeness (QED) is 0.764. The van der Waals surface area contributed by atoms with Gasteiger partial charge in [-0.2, -0.15) is 0 Å². The molecule has 0 radical (unpaired) electrons. The van der Waals surface area contributed by atoms with Gasteiger partial charge in [-0.25, -0.2) is 0 Å². The van der Waals surface area contributed by atoms with Gasteiger partial charge in [-0.15, -0.1) is 0 Å². The fourth-order valence-electron chi connectivity index (χ4n) is 2.73. The first kappa shape index (κ1) is 17.9. The second-order valence-electron chi connectivity index (χ2n) is 6.07. The minimum absolute atomic E-state index is 0.00143. The van der Waals surface area contributed by atoms with E-state index in [0.29, 0.717) is 23.0 Å². The summed E-state index contributed by atoms with van der Waals surface area (Å²) in [6.07, 6.45) is 0. The molecule has 0 atom stereocenters. The number of ether oxygens (including phenoxy) is 2. The number of Topliss-reactive ketones (excluding diaryl/α,β-unsaturated/α-hetero) is 1. The average molecular weight is 327 g/mol. The highest BCUT2D eigenvalue weighted by molar-refractivity contribution is 5.99. The molecule has 2 aromatic rings. The fraction of sp³-hybridized carbons (Fsp3) is 0.350. The Kier molecular flexibility index (Phi) is 5.85. The molecule has 2 rings (SSSR count). The van der Waals surface area contributed by atoms with Gasteiger partial charge in [-0.05, 0) is 54.3 Å². The number of methoxy groups -OCH3 is 2. The third kappa shape index (κ3) is 4.07. The van der Waals surface area contributed by atoms with Crippen LogP contribution >= 0.6 is 0 Å². The maximum absolute atomic E-state index is 12.4. The smallest absolute Gasteiger partial charge is 0.181 e. The second-order valence-corrected chi connectivity index (χ2v) is 6.07. The number of hydrogen-bond donors (Lipinski definition) is 1. The molecule has 128 valence electrons. The number of anilines is 1. The molecule has 0 spiro atoms. The molecule has 4 nitrogen and oxygen atoms in total. The number of ketones is 1. The first-order valence-corrected chi connectivity index (χ1v) is 8.06. The first-order chi connectivity index (χ1) is 11.5. The number of carbonyl (C=O) groups excluding carboxylic acids is 1. The number of nitrogens with one attached hydrogen (secondary N) is 1. The minimum atomic E-state index is 0.00143. The zero-order valence-electron chi connectivity index (χ0n) is 15.0. The molecule has 1 N–H and O–H groups in total. The van der Waals surface area contributed by atoms with Crippen LogP contribution in [0.2, 0.25) is 0 Å². The van der Waals surface area contributed by atoms with Crippen molar-refractivity contribution in [3.63, 3.8) is 0 Å². The van der Waals surface area contributed by atoms with Crippen LogP contribution in [0, 0.1) is 6.92 Å². The maximum atomic E-state index is 12.4. The van der Waals surface area contributed by atoms with E-state index in [4.69, 9.17) is 9.47 Å². The monoisotopic (exact) mass is 327 g/mol. The highest BCUT2D eigenvalue weighted by Crippen LogP contribution is 2.28. The summed E-state index contributed by atoms with van der Waals surface area (Å²) in [6.45, 7) is 6.68. The van der Waals surface area contributed by atoms with Crippen LogP contribution in [0.4, 0.5) is 5.69 Å². The Morgan fingerprint density at radius 3 is 2.33 bits per heavy atom. The summed E-state index contributed by atoms with van der Waals surface area (Å²) in [6, 6.07) is 11.4. The van der Waals surface area contributed by atoms with Crippen molar-refractivity contribution in [3.8, 4) is 11.5 Å². The number of rotatable bonds is 7. The largest absolute Gasteiger partial charge is 0.493 e. The van der Waals surface area contributed by atoms with E-state index in [1.807, 2.05) is 6.07 Å². The summed E-state index contributed by atoms with van der Waals surface area (Å²) in [5.74, 6) is 1.66. The highest BCUT2D eigenvalue weighted by atomic mass is 16.5. The van der Waals surface area contributed by atoms with Crippen LogP contribution in [-0.4, -0.2) is 26.5 Å². The molecule has 0 fully saturated rings.